The van der Waals surface area contributed by atoms with Crippen LogP contribution in [0.5, 0.6) is 0 Å². The molecule has 4 nitrogen and oxygen atoms in total. The molecule has 0 atom stereocenters. The highest BCUT2D eigenvalue weighted by atomic mass is 35.5. The highest BCUT2D eigenvalue weighted by Gasteiger charge is 2.21. The van der Waals surface area contributed by atoms with Crippen LogP contribution in [0.15, 0.2) is 0 Å². The first-order chi connectivity index (χ1) is 8.94. The molecule has 0 spiro atoms. The van der Waals surface area contributed by atoms with Crippen LogP contribution in [0.3, 0.4) is 0 Å². The van der Waals surface area contributed by atoms with E-state index in [4.69, 9.17) is 11.6 Å². The van der Waals surface area contributed by atoms with Crippen molar-refractivity contribution in [3.63, 3.8) is 0 Å². The van der Waals surface area contributed by atoms with Crippen molar-refractivity contribution >= 4 is 43.0 Å². The molecule has 0 saturated heterocycles. The summed E-state index contributed by atoms with van der Waals surface area (Å²) in [4.78, 5) is 10.7. The molecule has 3 rings (SSSR count). The Morgan fingerprint density at radius 1 is 1.26 bits per heavy atom. The number of sulfone groups is 1. The molecule has 0 aromatic carbocycles. The largest absolute Gasteiger partial charge is 0.229 e. The average molecular weight is 317 g/mol. The van der Waals surface area contributed by atoms with Gasteiger partial charge in [-0.1, -0.05) is 11.6 Å². The first-order valence-corrected chi connectivity index (χ1v) is 9.34. The second-order valence-electron chi connectivity index (χ2n) is 4.89. The summed E-state index contributed by atoms with van der Waals surface area (Å²) in [5.74, 6) is 0.129. The van der Waals surface area contributed by atoms with Gasteiger partial charge in [0.05, 0.1) is 5.39 Å². The first-order valence-electron chi connectivity index (χ1n) is 6.08. The second-order valence-corrected chi connectivity index (χ2v) is 8.47. The van der Waals surface area contributed by atoms with Crippen molar-refractivity contribution in [3.05, 3.63) is 21.4 Å². The minimum absolute atomic E-state index is 0.161. The number of hydrogen-bond acceptors (Lipinski definition) is 5. The van der Waals surface area contributed by atoms with E-state index < -0.39 is 9.84 Å². The Balaban J connectivity index is 2.16. The minimum atomic E-state index is -3.14. The van der Waals surface area contributed by atoms with Crippen LogP contribution in [0.1, 0.15) is 29.1 Å². The topological polar surface area (TPSA) is 59.9 Å². The summed E-state index contributed by atoms with van der Waals surface area (Å²) in [6, 6.07) is 0. The second kappa shape index (κ2) is 4.68. The molecule has 0 amide bonds. The van der Waals surface area contributed by atoms with Crippen molar-refractivity contribution < 1.29 is 8.42 Å². The molecule has 0 radical (unpaired) electrons. The molecule has 7 heteroatoms. The van der Waals surface area contributed by atoms with Crippen molar-refractivity contribution in [1.29, 1.82) is 0 Å². The van der Waals surface area contributed by atoms with Gasteiger partial charge >= 0.3 is 0 Å². The lowest BCUT2D eigenvalue weighted by Gasteiger charge is -2.10. The number of fused-ring (bicyclic) bond motifs is 3. The lowest BCUT2D eigenvalue weighted by atomic mass is 9.97. The molecule has 19 heavy (non-hydrogen) atoms. The molecule has 2 aromatic heterocycles. The molecular weight excluding hydrogens is 304 g/mol. The van der Waals surface area contributed by atoms with Gasteiger partial charge in [0.15, 0.2) is 9.84 Å². The van der Waals surface area contributed by atoms with E-state index in [9.17, 15) is 8.42 Å². The van der Waals surface area contributed by atoms with Gasteiger partial charge < -0.3 is 0 Å². The third-order valence-electron chi connectivity index (χ3n) is 3.21. The van der Waals surface area contributed by atoms with Crippen molar-refractivity contribution in [2.45, 2.75) is 31.4 Å². The van der Waals surface area contributed by atoms with Gasteiger partial charge in [-0.2, -0.15) is 0 Å². The quantitative estimate of drug-likeness (QED) is 0.799. The maximum absolute atomic E-state index is 11.3. The molecule has 0 aliphatic heterocycles. The fraction of sp³-hybridized carbons (Fsp3) is 0.500. The van der Waals surface area contributed by atoms with E-state index in [0.29, 0.717) is 11.0 Å². The number of hydrogen-bond donors (Lipinski definition) is 0. The maximum atomic E-state index is 11.3. The van der Waals surface area contributed by atoms with E-state index in [-0.39, 0.29) is 5.75 Å². The van der Waals surface area contributed by atoms with Crippen molar-refractivity contribution in [2.24, 2.45) is 0 Å². The lowest BCUT2D eigenvalue weighted by molar-refractivity contribution is 0.600. The van der Waals surface area contributed by atoms with Crippen LogP contribution >= 0.6 is 22.9 Å². The smallest absolute Gasteiger partial charge is 0.154 e. The number of nitrogens with zero attached hydrogens (tertiary/aromatic N) is 2. The Labute approximate surface area is 120 Å². The summed E-state index contributed by atoms with van der Waals surface area (Å²) in [6.07, 6.45) is 5.62. The van der Waals surface area contributed by atoms with Crippen LogP contribution in [0, 0.1) is 0 Å². The van der Waals surface area contributed by atoms with Gasteiger partial charge in [0.2, 0.25) is 0 Å². The molecule has 0 fully saturated rings. The SMILES string of the molecule is CS(=O)(=O)Cc1nc(Cl)c2c3c(sc2n1)CCCC3. The predicted octanol–water partition coefficient (Wildman–Crippen LogP) is 2.77. The van der Waals surface area contributed by atoms with Crippen LogP contribution in [0.2, 0.25) is 5.15 Å². The van der Waals surface area contributed by atoms with E-state index in [0.717, 1.165) is 23.1 Å². The molecule has 0 N–H and O–H groups in total. The Morgan fingerprint density at radius 3 is 2.74 bits per heavy atom. The molecule has 0 bridgehead atoms. The first kappa shape index (κ1) is 13.3. The monoisotopic (exact) mass is 316 g/mol. The van der Waals surface area contributed by atoms with Gasteiger partial charge in [-0.25, -0.2) is 18.4 Å². The number of aryl methyl sites for hydroxylation is 2. The summed E-state index contributed by atoms with van der Waals surface area (Å²) >= 11 is 7.85. The Kier molecular flexibility index (Phi) is 3.27. The van der Waals surface area contributed by atoms with Gasteiger partial charge in [-0.3, -0.25) is 0 Å². The Morgan fingerprint density at radius 2 is 2.00 bits per heavy atom. The highest BCUT2D eigenvalue weighted by Crippen LogP contribution is 2.38. The molecule has 0 saturated carbocycles. The fourth-order valence-corrected chi connectivity index (χ4v) is 4.69. The fourth-order valence-electron chi connectivity index (χ4n) is 2.45. The zero-order chi connectivity index (χ0) is 13.6. The highest BCUT2D eigenvalue weighted by molar-refractivity contribution is 7.89. The zero-order valence-electron chi connectivity index (χ0n) is 10.4. The maximum Gasteiger partial charge on any atom is 0.154 e. The molecule has 2 aromatic rings. The predicted molar refractivity (Wildman–Crippen MR) is 77.6 cm³/mol. The molecular formula is C12H13ClN2O2S2. The van der Waals surface area contributed by atoms with Gasteiger partial charge in [0, 0.05) is 11.1 Å². The standard InChI is InChI=1S/C12H13ClN2O2S2/c1-19(16,17)6-9-14-11(13)10-7-4-2-3-5-8(7)18-12(10)15-9/h2-6H2,1H3. The van der Waals surface area contributed by atoms with Crippen LogP contribution in [0.25, 0.3) is 10.2 Å². The Bertz CT molecular complexity index is 753. The number of aromatic nitrogens is 2. The van der Waals surface area contributed by atoms with Gasteiger partial charge in [0.1, 0.15) is 21.6 Å². The van der Waals surface area contributed by atoms with E-state index in [2.05, 4.69) is 9.97 Å². The summed E-state index contributed by atoms with van der Waals surface area (Å²) < 4.78 is 22.6. The third kappa shape index (κ3) is 2.61. The summed E-state index contributed by atoms with van der Waals surface area (Å²) in [6.45, 7) is 0. The average Bonchev–Trinajstić information content (AvgIpc) is 2.64. The van der Waals surface area contributed by atoms with Crippen LogP contribution < -0.4 is 0 Å². The van der Waals surface area contributed by atoms with Crippen molar-refractivity contribution in [3.8, 4) is 0 Å². The summed E-state index contributed by atoms with van der Waals surface area (Å²) in [5, 5.41) is 1.32. The summed E-state index contributed by atoms with van der Waals surface area (Å²) in [5.41, 5.74) is 1.27. The molecule has 0 unspecified atom stereocenters. The van der Waals surface area contributed by atoms with Crippen LogP contribution in [-0.2, 0) is 28.4 Å². The molecule has 2 heterocycles. The van der Waals surface area contributed by atoms with E-state index in [1.807, 2.05) is 0 Å². The molecule has 1 aliphatic carbocycles. The Hall–Kier alpha value is -0.720. The number of thiophene rings is 1. The molecule has 1 aliphatic rings. The van der Waals surface area contributed by atoms with Gasteiger partial charge in [-0.15, -0.1) is 11.3 Å². The lowest BCUT2D eigenvalue weighted by Crippen LogP contribution is -2.05. The normalized spacial score (nSPS) is 15.7. The minimum Gasteiger partial charge on any atom is -0.229 e. The zero-order valence-corrected chi connectivity index (χ0v) is 12.8. The van der Waals surface area contributed by atoms with Crippen LogP contribution in [0.4, 0.5) is 0 Å². The van der Waals surface area contributed by atoms with Crippen molar-refractivity contribution in [2.75, 3.05) is 6.26 Å². The summed E-state index contributed by atoms with van der Waals surface area (Å²) in [7, 11) is -3.14. The number of halogens is 1. The third-order valence-corrected chi connectivity index (χ3v) is 5.45. The van der Waals surface area contributed by atoms with Crippen molar-refractivity contribution in [1.82, 2.24) is 9.97 Å². The molecule has 102 valence electrons. The van der Waals surface area contributed by atoms with E-state index in [1.165, 1.54) is 29.5 Å². The van der Waals surface area contributed by atoms with Gasteiger partial charge in [-0.05, 0) is 31.2 Å². The van der Waals surface area contributed by atoms with Gasteiger partial charge in [0.25, 0.3) is 0 Å². The van der Waals surface area contributed by atoms with E-state index in [1.54, 1.807) is 11.3 Å². The van der Waals surface area contributed by atoms with Crippen LogP contribution in [-0.4, -0.2) is 24.6 Å². The van der Waals surface area contributed by atoms with E-state index >= 15 is 0 Å². The number of rotatable bonds is 2.